The molecule has 0 aliphatic heterocycles. The van der Waals surface area contributed by atoms with Gasteiger partial charge in [0.2, 0.25) is 0 Å². The zero-order valence-electron chi connectivity index (χ0n) is 8.78. The minimum Gasteiger partial charge on any atom is -0.393 e. The van der Waals surface area contributed by atoms with Crippen molar-refractivity contribution in [2.45, 2.75) is 32.0 Å². The molecule has 1 unspecified atom stereocenters. The van der Waals surface area contributed by atoms with Gasteiger partial charge in [0.1, 0.15) is 0 Å². The predicted molar refractivity (Wildman–Crippen MR) is 54.1 cm³/mol. The predicted octanol–water partition coefficient (Wildman–Crippen LogP) is -0.256. The number of aliphatic hydroxyl groups is 2. The van der Waals surface area contributed by atoms with Gasteiger partial charge in [0, 0.05) is 13.2 Å². The lowest BCUT2D eigenvalue weighted by Crippen LogP contribution is -2.39. The van der Waals surface area contributed by atoms with Crippen LogP contribution in [0.3, 0.4) is 0 Å². The molecule has 4 heteroatoms. The van der Waals surface area contributed by atoms with Gasteiger partial charge in [-0.3, -0.25) is 0 Å². The molecule has 0 spiro atoms. The Hall–Kier alpha value is -0.160. The molecule has 3 N–H and O–H groups in total. The molecule has 1 atom stereocenters. The zero-order valence-corrected chi connectivity index (χ0v) is 8.78. The molecule has 1 aliphatic carbocycles. The van der Waals surface area contributed by atoms with E-state index in [1.54, 1.807) is 0 Å². The Bertz CT molecular complexity index is 148. The van der Waals surface area contributed by atoms with Crippen LogP contribution in [0.4, 0.5) is 0 Å². The minimum atomic E-state index is -0.417. The molecule has 4 nitrogen and oxygen atoms in total. The molecule has 0 radical (unpaired) electrons. The summed E-state index contributed by atoms with van der Waals surface area (Å²) in [6.45, 7) is 4.42. The molecule has 1 rings (SSSR count). The number of rotatable bonds is 7. The molecule has 14 heavy (non-hydrogen) atoms. The summed E-state index contributed by atoms with van der Waals surface area (Å²) in [5.41, 5.74) is 0. The van der Waals surface area contributed by atoms with Gasteiger partial charge in [-0.25, -0.2) is 0 Å². The Kier molecular flexibility index (Phi) is 5.40. The Balaban J connectivity index is 1.88. The largest absolute Gasteiger partial charge is 0.393 e. The Morgan fingerprint density at radius 2 is 2.21 bits per heavy atom. The first-order valence-electron chi connectivity index (χ1n) is 5.37. The molecule has 1 saturated carbocycles. The molecule has 0 bridgehead atoms. The van der Waals surface area contributed by atoms with E-state index in [1.807, 2.05) is 6.92 Å². The third-order valence-corrected chi connectivity index (χ3v) is 2.54. The van der Waals surface area contributed by atoms with Crippen molar-refractivity contribution < 1.29 is 14.9 Å². The molecule has 0 saturated heterocycles. The zero-order chi connectivity index (χ0) is 10.4. The second-order valence-corrected chi connectivity index (χ2v) is 3.96. The van der Waals surface area contributed by atoms with Gasteiger partial charge in [-0.1, -0.05) is 0 Å². The van der Waals surface area contributed by atoms with Gasteiger partial charge in [-0.15, -0.1) is 0 Å². The summed E-state index contributed by atoms with van der Waals surface area (Å²) in [6.07, 6.45) is 1.29. The molecule has 0 aromatic rings. The lowest BCUT2D eigenvalue weighted by Gasteiger charge is -2.31. The number of hydrogen-bond donors (Lipinski definition) is 3. The van der Waals surface area contributed by atoms with Gasteiger partial charge < -0.3 is 20.3 Å². The summed E-state index contributed by atoms with van der Waals surface area (Å²) >= 11 is 0. The molecular formula is C10H21NO3. The molecule has 0 heterocycles. The smallest absolute Gasteiger partial charge is 0.0897 e. The third-order valence-electron chi connectivity index (χ3n) is 2.54. The summed E-state index contributed by atoms with van der Waals surface area (Å²) in [4.78, 5) is 0. The van der Waals surface area contributed by atoms with Crippen molar-refractivity contribution in [2.24, 2.45) is 5.92 Å². The average Bonchev–Trinajstić information content (AvgIpc) is 2.12. The molecular weight excluding hydrogens is 182 g/mol. The Labute approximate surface area is 85.3 Å². The summed E-state index contributed by atoms with van der Waals surface area (Å²) in [5.74, 6) is 0.587. The lowest BCUT2D eigenvalue weighted by molar-refractivity contribution is 0.0303. The van der Waals surface area contributed by atoms with Crippen molar-refractivity contribution in [3.05, 3.63) is 0 Å². The topological polar surface area (TPSA) is 61.7 Å². The fourth-order valence-electron chi connectivity index (χ4n) is 1.63. The Morgan fingerprint density at radius 3 is 2.79 bits per heavy atom. The summed E-state index contributed by atoms with van der Waals surface area (Å²) in [6, 6.07) is 0. The van der Waals surface area contributed by atoms with Crippen molar-refractivity contribution in [1.82, 2.24) is 5.32 Å². The molecule has 0 aromatic carbocycles. The molecule has 1 fully saturated rings. The van der Waals surface area contributed by atoms with E-state index >= 15 is 0 Å². The van der Waals surface area contributed by atoms with Crippen LogP contribution in [0.15, 0.2) is 0 Å². The highest BCUT2D eigenvalue weighted by Crippen LogP contribution is 2.25. The molecule has 1 aliphatic rings. The minimum absolute atomic E-state index is 0.0878. The Morgan fingerprint density at radius 1 is 1.50 bits per heavy atom. The van der Waals surface area contributed by atoms with Crippen molar-refractivity contribution in [3.8, 4) is 0 Å². The van der Waals surface area contributed by atoms with Gasteiger partial charge >= 0.3 is 0 Å². The maximum absolute atomic E-state index is 9.40. The first-order valence-corrected chi connectivity index (χ1v) is 5.37. The van der Waals surface area contributed by atoms with Gasteiger partial charge in [0.15, 0.2) is 0 Å². The van der Waals surface area contributed by atoms with E-state index in [0.29, 0.717) is 25.7 Å². The van der Waals surface area contributed by atoms with Gasteiger partial charge in [0.25, 0.3) is 0 Å². The van der Waals surface area contributed by atoms with E-state index in [1.165, 1.54) is 0 Å². The van der Waals surface area contributed by atoms with E-state index in [9.17, 15) is 5.11 Å². The van der Waals surface area contributed by atoms with Crippen LogP contribution in [0.1, 0.15) is 19.8 Å². The van der Waals surface area contributed by atoms with E-state index in [-0.39, 0.29) is 6.10 Å². The summed E-state index contributed by atoms with van der Waals surface area (Å²) in [5, 5.41) is 21.6. The highest BCUT2D eigenvalue weighted by Gasteiger charge is 2.26. The quantitative estimate of drug-likeness (QED) is 0.534. The normalized spacial score (nSPS) is 28.5. The van der Waals surface area contributed by atoms with Crippen LogP contribution >= 0.6 is 0 Å². The monoisotopic (exact) mass is 203 g/mol. The second kappa shape index (κ2) is 6.35. The number of aliphatic hydroxyl groups excluding tert-OH is 2. The third kappa shape index (κ3) is 4.37. The molecule has 84 valence electrons. The van der Waals surface area contributed by atoms with Crippen LogP contribution in [-0.2, 0) is 4.74 Å². The maximum atomic E-state index is 9.40. The van der Waals surface area contributed by atoms with Crippen LogP contribution in [0.5, 0.6) is 0 Å². The van der Waals surface area contributed by atoms with Crippen LogP contribution in [-0.4, -0.2) is 48.7 Å². The van der Waals surface area contributed by atoms with E-state index in [4.69, 9.17) is 9.84 Å². The standard InChI is InChI=1S/C10H21NO3/c1-2-14-7-10(13)6-11-5-8-3-9(12)4-8/h8-13H,2-7H2,1H3. The highest BCUT2D eigenvalue weighted by molar-refractivity contribution is 4.80. The van der Waals surface area contributed by atoms with Crippen LogP contribution < -0.4 is 5.32 Å². The summed E-state index contributed by atoms with van der Waals surface area (Å²) < 4.78 is 5.08. The van der Waals surface area contributed by atoms with Gasteiger partial charge in [-0.2, -0.15) is 0 Å². The van der Waals surface area contributed by atoms with E-state index < -0.39 is 6.10 Å². The van der Waals surface area contributed by atoms with Crippen molar-refractivity contribution >= 4 is 0 Å². The number of ether oxygens (including phenoxy) is 1. The number of nitrogens with one attached hydrogen (secondary N) is 1. The van der Waals surface area contributed by atoms with Crippen molar-refractivity contribution in [2.75, 3.05) is 26.3 Å². The van der Waals surface area contributed by atoms with Crippen LogP contribution in [0.2, 0.25) is 0 Å². The highest BCUT2D eigenvalue weighted by atomic mass is 16.5. The van der Waals surface area contributed by atoms with E-state index in [0.717, 1.165) is 19.4 Å². The van der Waals surface area contributed by atoms with Crippen LogP contribution in [0.25, 0.3) is 0 Å². The first-order chi connectivity index (χ1) is 6.72. The van der Waals surface area contributed by atoms with Crippen molar-refractivity contribution in [3.63, 3.8) is 0 Å². The van der Waals surface area contributed by atoms with Gasteiger partial charge in [0.05, 0.1) is 18.8 Å². The number of hydrogen-bond acceptors (Lipinski definition) is 4. The molecule has 0 aromatic heterocycles. The first kappa shape index (κ1) is 11.9. The maximum Gasteiger partial charge on any atom is 0.0897 e. The second-order valence-electron chi connectivity index (χ2n) is 3.96. The fourth-order valence-corrected chi connectivity index (χ4v) is 1.63. The fraction of sp³-hybridized carbons (Fsp3) is 1.00. The lowest BCUT2D eigenvalue weighted by atomic mass is 9.82. The average molecular weight is 203 g/mol. The van der Waals surface area contributed by atoms with Crippen LogP contribution in [0, 0.1) is 5.92 Å². The SMILES string of the molecule is CCOCC(O)CNCC1CC(O)C1. The summed E-state index contributed by atoms with van der Waals surface area (Å²) in [7, 11) is 0. The van der Waals surface area contributed by atoms with Crippen molar-refractivity contribution in [1.29, 1.82) is 0 Å². The van der Waals surface area contributed by atoms with E-state index in [2.05, 4.69) is 5.32 Å². The molecule has 0 amide bonds. The van der Waals surface area contributed by atoms with Gasteiger partial charge in [-0.05, 0) is 32.2 Å².